The highest BCUT2D eigenvalue weighted by molar-refractivity contribution is 8.13. The third kappa shape index (κ3) is 2.95. The van der Waals surface area contributed by atoms with Crippen LogP contribution in [0.3, 0.4) is 0 Å². The third-order valence-corrected chi connectivity index (χ3v) is 2.75. The average molecular weight is 231 g/mol. The molecule has 0 atom stereocenters. The molecule has 0 aromatic heterocycles. The number of rotatable bonds is 2. The molecule has 0 heterocycles. The molecule has 0 fully saturated rings. The summed E-state index contributed by atoms with van der Waals surface area (Å²) in [7, 11) is 1.46. The van der Waals surface area contributed by atoms with E-state index in [0.717, 1.165) is 0 Å². The summed E-state index contributed by atoms with van der Waals surface area (Å²) < 4.78 is 26.6. The van der Waals surface area contributed by atoms with Gasteiger partial charge in [0.25, 0.3) is 9.05 Å². The second-order valence-electron chi connectivity index (χ2n) is 2.36. The Morgan fingerprint density at radius 2 is 1.86 bits per heavy atom. The van der Waals surface area contributed by atoms with Crippen molar-refractivity contribution < 1.29 is 13.2 Å². The van der Waals surface area contributed by atoms with Gasteiger partial charge in [-0.25, -0.2) is 8.42 Å². The topological polar surface area (TPSA) is 43.4 Å². The van der Waals surface area contributed by atoms with Crippen LogP contribution in [0.2, 0.25) is 0 Å². The maximum atomic E-state index is 10.9. The van der Waals surface area contributed by atoms with E-state index < -0.39 is 9.05 Å². The van der Waals surface area contributed by atoms with E-state index >= 15 is 0 Å². The zero-order valence-corrected chi connectivity index (χ0v) is 8.89. The molecule has 0 bridgehead atoms. The second-order valence-corrected chi connectivity index (χ2v) is 4.93. The molecule has 3 nitrogen and oxygen atoms in total. The zero-order valence-electron chi connectivity index (χ0n) is 7.32. The Bertz CT molecular complexity index is 465. The van der Waals surface area contributed by atoms with Crippen LogP contribution in [-0.2, 0) is 9.05 Å². The monoisotopic (exact) mass is 230 g/mol. The van der Waals surface area contributed by atoms with E-state index in [1.54, 1.807) is 6.92 Å². The highest BCUT2D eigenvalue weighted by atomic mass is 35.7. The molecule has 0 saturated heterocycles. The van der Waals surface area contributed by atoms with E-state index in [1.807, 2.05) is 0 Å². The van der Waals surface area contributed by atoms with Crippen molar-refractivity contribution in [2.75, 3.05) is 0 Å². The molecule has 74 valence electrons. The van der Waals surface area contributed by atoms with Crippen molar-refractivity contribution >= 4 is 19.7 Å². The highest BCUT2D eigenvalue weighted by Crippen LogP contribution is 2.18. The van der Waals surface area contributed by atoms with Crippen LogP contribution in [0.5, 0.6) is 5.75 Å². The fourth-order valence-electron chi connectivity index (χ4n) is 0.780. The predicted molar refractivity (Wildman–Crippen MR) is 53.6 cm³/mol. The molecule has 0 radical (unpaired) electrons. The van der Waals surface area contributed by atoms with Gasteiger partial charge in [-0.1, -0.05) is 5.92 Å². The molecule has 0 aliphatic rings. The van der Waals surface area contributed by atoms with Crippen LogP contribution in [0.15, 0.2) is 29.2 Å². The van der Waals surface area contributed by atoms with Gasteiger partial charge in [-0.15, -0.1) is 0 Å². The summed E-state index contributed by atoms with van der Waals surface area (Å²) in [5.74, 6) is 3.02. The lowest BCUT2D eigenvalue weighted by Crippen LogP contribution is -1.90. The fourth-order valence-corrected chi connectivity index (χ4v) is 1.55. The van der Waals surface area contributed by atoms with E-state index in [-0.39, 0.29) is 4.90 Å². The van der Waals surface area contributed by atoms with Crippen molar-refractivity contribution in [2.45, 2.75) is 11.8 Å². The molecule has 0 saturated carbocycles. The van der Waals surface area contributed by atoms with E-state index in [4.69, 9.17) is 15.4 Å². The first-order valence-electron chi connectivity index (χ1n) is 3.67. The normalized spacial score (nSPS) is 10.1. The molecule has 1 aromatic rings. The van der Waals surface area contributed by atoms with Crippen molar-refractivity contribution in [1.82, 2.24) is 0 Å². The highest BCUT2D eigenvalue weighted by Gasteiger charge is 2.08. The average Bonchev–Trinajstić information content (AvgIpc) is 2.14. The van der Waals surface area contributed by atoms with Gasteiger partial charge in [0.2, 0.25) is 0 Å². The fraction of sp³-hybridized carbons (Fsp3) is 0.111. The number of halogens is 1. The summed E-state index contributed by atoms with van der Waals surface area (Å²) in [6, 6.07) is 5.68. The van der Waals surface area contributed by atoms with Gasteiger partial charge in [0.15, 0.2) is 0 Å². The van der Waals surface area contributed by atoms with Crippen LogP contribution in [0.4, 0.5) is 0 Å². The standard InChI is InChI=1S/C9H7ClO3S/c1-2-7-13-8-3-5-9(6-4-8)14(10,11)12/h3-6H,1H3. The van der Waals surface area contributed by atoms with Crippen molar-refractivity contribution in [3.63, 3.8) is 0 Å². The van der Waals surface area contributed by atoms with E-state index in [1.165, 1.54) is 24.3 Å². The molecule has 0 unspecified atom stereocenters. The van der Waals surface area contributed by atoms with E-state index in [0.29, 0.717) is 5.75 Å². The summed E-state index contributed by atoms with van der Waals surface area (Å²) in [4.78, 5) is 0.0379. The summed E-state index contributed by atoms with van der Waals surface area (Å²) in [6.07, 6.45) is 2.39. The van der Waals surface area contributed by atoms with Gasteiger partial charge in [-0.2, -0.15) is 0 Å². The summed E-state index contributed by atoms with van der Waals surface area (Å²) in [6.45, 7) is 1.64. The summed E-state index contributed by atoms with van der Waals surface area (Å²) in [5, 5.41) is 0. The molecular weight excluding hydrogens is 224 g/mol. The quantitative estimate of drug-likeness (QED) is 0.576. The molecule has 0 aliphatic carbocycles. The number of hydrogen-bond donors (Lipinski definition) is 0. The van der Waals surface area contributed by atoms with Crippen LogP contribution < -0.4 is 4.74 Å². The van der Waals surface area contributed by atoms with Crippen LogP contribution in [0, 0.1) is 12.0 Å². The summed E-state index contributed by atoms with van der Waals surface area (Å²) in [5.41, 5.74) is 0. The molecule has 0 aliphatic heterocycles. The van der Waals surface area contributed by atoms with Crippen molar-refractivity contribution in [2.24, 2.45) is 0 Å². The Morgan fingerprint density at radius 1 is 1.29 bits per heavy atom. The van der Waals surface area contributed by atoms with Crippen molar-refractivity contribution in [3.05, 3.63) is 24.3 Å². The Hall–Kier alpha value is -1.18. The van der Waals surface area contributed by atoms with Gasteiger partial charge in [-0.3, -0.25) is 0 Å². The Kier molecular flexibility index (Phi) is 3.39. The maximum Gasteiger partial charge on any atom is 0.261 e. The maximum absolute atomic E-state index is 10.9. The Morgan fingerprint density at radius 3 is 2.29 bits per heavy atom. The Labute approximate surface area is 87.1 Å². The van der Waals surface area contributed by atoms with Crippen LogP contribution >= 0.6 is 10.7 Å². The van der Waals surface area contributed by atoms with E-state index in [9.17, 15) is 8.42 Å². The van der Waals surface area contributed by atoms with E-state index in [2.05, 4.69) is 12.0 Å². The lowest BCUT2D eigenvalue weighted by molar-refractivity contribution is 0.519. The number of benzene rings is 1. The van der Waals surface area contributed by atoms with Gasteiger partial charge < -0.3 is 4.74 Å². The minimum Gasteiger partial charge on any atom is -0.408 e. The van der Waals surface area contributed by atoms with Crippen LogP contribution in [0.1, 0.15) is 6.92 Å². The largest absolute Gasteiger partial charge is 0.408 e. The third-order valence-electron chi connectivity index (χ3n) is 1.38. The molecule has 14 heavy (non-hydrogen) atoms. The molecule has 5 heteroatoms. The van der Waals surface area contributed by atoms with Gasteiger partial charge in [0.05, 0.1) is 4.90 Å². The second kappa shape index (κ2) is 4.36. The van der Waals surface area contributed by atoms with Crippen molar-refractivity contribution in [1.29, 1.82) is 0 Å². The van der Waals surface area contributed by atoms with Gasteiger partial charge in [0, 0.05) is 17.6 Å². The molecule has 0 spiro atoms. The molecule has 1 aromatic carbocycles. The smallest absolute Gasteiger partial charge is 0.261 e. The molecule has 1 rings (SSSR count). The van der Waals surface area contributed by atoms with Crippen LogP contribution in [-0.4, -0.2) is 8.42 Å². The minimum absolute atomic E-state index is 0.0379. The predicted octanol–water partition coefficient (Wildman–Crippen LogP) is 1.97. The first kappa shape index (κ1) is 10.9. The van der Waals surface area contributed by atoms with Crippen molar-refractivity contribution in [3.8, 4) is 17.8 Å². The number of ether oxygens (including phenoxy) is 1. The number of hydrogen-bond acceptors (Lipinski definition) is 3. The van der Waals surface area contributed by atoms with Gasteiger partial charge in [-0.05, 0) is 24.3 Å². The Balaban J connectivity index is 2.93. The van der Waals surface area contributed by atoms with Gasteiger partial charge in [0.1, 0.15) is 11.9 Å². The molecular formula is C9H7ClO3S. The minimum atomic E-state index is -3.66. The lowest BCUT2D eigenvalue weighted by Gasteiger charge is -1.98. The summed E-state index contributed by atoms with van der Waals surface area (Å²) >= 11 is 0. The first-order chi connectivity index (χ1) is 6.54. The van der Waals surface area contributed by atoms with Gasteiger partial charge >= 0.3 is 0 Å². The zero-order chi connectivity index (χ0) is 10.6. The molecule has 0 N–H and O–H groups in total. The molecule has 0 amide bonds. The van der Waals surface area contributed by atoms with Crippen LogP contribution in [0.25, 0.3) is 0 Å². The SMILES string of the molecule is CC#COc1ccc(S(=O)(=O)Cl)cc1. The lowest BCUT2D eigenvalue weighted by atomic mass is 10.3. The first-order valence-corrected chi connectivity index (χ1v) is 5.98.